The second-order valence-corrected chi connectivity index (χ2v) is 8.46. The smallest absolute Gasteiger partial charge is 0.196 e. The molecule has 0 heterocycles. The predicted octanol–water partition coefficient (Wildman–Crippen LogP) is 3.61. The maximum atomic E-state index is 12.8. The highest BCUT2D eigenvalue weighted by atomic mass is 35.5. The van der Waals surface area contributed by atoms with E-state index in [1.54, 1.807) is 25.1 Å². The fraction of sp³-hybridized carbons (Fsp3) is 0.353. The molecule has 0 amide bonds. The minimum Gasteiger partial charge on any atom is -0.377 e. The van der Waals surface area contributed by atoms with E-state index in [0.717, 1.165) is 11.1 Å². The van der Waals surface area contributed by atoms with Crippen LogP contribution in [0.25, 0.3) is 10.8 Å². The molecule has 0 aliphatic rings. The van der Waals surface area contributed by atoms with Crippen LogP contribution in [0.4, 0.5) is 5.69 Å². The number of rotatable bonds is 6. The summed E-state index contributed by atoms with van der Waals surface area (Å²) in [6.07, 6.45) is 0.100. The van der Waals surface area contributed by atoms with E-state index >= 15 is 0 Å². The maximum Gasteiger partial charge on any atom is 0.196 e. The Hall–Kier alpha value is -1.59. The first-order valence-corrected chi connectivity index (χ1v) is 9.36. The van der Waals surface area contributed by atoms with Crippen molar-refractivity contribution < 1.29 is 13.2 Å². The van der Waals surface area contributed by atoms with Crippen molar-refractivity contribution in [1.82, 2.24) is 0 Å². The van der Waals surface area contributed by atoms with Gasteiger partial charge in [-0.25, -0.2) is 8.42 Å². The third-order valence-corrected chi connectivity index (χ3v) is 6.43. The predicted molar refractivity (Wildman–Crippen MR) is 95.0 cm³/mol. The molecule has 23 heavy (non-hydrogen) atoms. The van der Waals surface area contributed by atoms with E-state index in [1.807, 2.05) is 37.2 Å². The normalized spacial score (nSPS) is 13.0. The second-order valence-electron chi connectivity index (χ2n) is 5.57. The first kappa shape index (κ1) is 17.8. The standard InChI is InChI=1S/C17H20ClNO3S/c1-4-12(20)11-17(18)23(21,22)16-10-6-7-13-14(16)8-5-9-15(13)19(2)3/h5-10,17H,4,11H2,1-3H3. The second kappa shape index (κ2) is 6.89. The zero-order chi connectivity index (χ0) is 17.2. The summed E-state index contributed by atoms with van der Waals surface area (Å²) >= 11 is 6.06. The molecule has 0 saturated carbocycles. The van der Waals surface area contributed by atoms with Gasteiger partial charge in [-0.2, -0.15) is 0 Å². The van der Waals surface area contributed by atoms with Gasteiger partial charge in [0.2, 0.25) is 0 Å². The maximum absolute atomic E-state index is 12.8. The molecule has 0 saturated heterocycles. The first-order valence-electron chi connectivity index (χ1n) is 7.37. The van der Waals surface area contributed by atoms with Gasteiger partial charge in [0.25, 0.3) is 0 Å². The van der Waals surface area contributed by atoms with Crippen molar-refractivity contribution in [3.05, 3.63) is 36.4 Å². The zero-order valence-electron chi connectivity index (χ0n) is 13.4. The van der Waals surface area contributed by atoms with Gasteiger partial charge < -0.3 is 4.90 Å². The largest absolute Gasteiger partial charge is 0.377 e. The molecule has 0 fully saturated rings. The molecule has 2 aromatic rings. The molecule has 2 rings (SSSR count). The Morgan fingerprint density at radius 1 is 1.13 bits per heavy atom. The monoisotopic (exact) mass is 353 g/mol. The average Bonchev–Trinajstić information content (AvgIpc) is 2.53. The van der Waals surface area contributed by atoms with Crippen LogP contribution < -0.4 is 4.90 Å². The van der Waals surface area contributed by atoms with Gasteiger partial charge in [0, 0.05) is 43.4 Å². The molecule has 124 valence electrons. The molecule has 0 aliphatic carbocycles. The number of alkyl halides is 1. The summed E-state index contributed by atoms with van der Waals surface area (Å²) in [6, 6.07) is 10.6. The highest BCUT2D eigenvalue weighted by molar-refractivity contribution is 7.93. The van der Waals surface area contributed by atoms with E-state index in [4.69, 9.17) is 11.6 Å². The summed E-state index contributed by atoms with van der Waals surface area (Å²) in [7, 11) is 0.0189. The van der Waals surface area contributed by atoms with Gasteiger partial charge in [-0.1, -0.05) is 31.2 Å². The van der Waals surface area contributed by atoms with Gasteiger partial charge in [-0.15, -0.1) is 11.6 Å². The van der Waals surface area contributed by atoms with Crippen molar-refractivity contribution in [2.75, 3.05) is 19.0 Å². The molecule has 1 unspecified atom stereocenters. The number of benzene rings is 2. The van der Waals surface area contributed by atoms with Crippen molar-refractivity contribution >= 4 is 43.7 Å². The molecule has 4 nitrogen and oxygen atoms in total. The van der Waals surface area contributed by atoms with Crippen LogP contribution in [0.1, 0.15) is 19.8 Å². The number of anilines is 1. The number of ketones is 1. The van der Waals surface area contributed by atoms with Crippen LogP contribution in [-0.2, 0) is 14.6 Å². The van der Waals surface area contributed by atoms with E-state index < -0.39 is 14.5 Å². The average molecular weight is 354 g/mol. The molecule has 0 aliphatic heterocycles. The number of hydrogen-bond acceptors (Lipinski definition) is 4. The fourth-order valence-electron chi connectivity index (χ4n) is 2.47. The van der Waals surface area contributed by atoms with E-state index in [1.165, 1.54) is 0 Å². The van der Waals surface area contributed by atoms with Crippen LogP contribution in [0.15, 0.2) is 41.3 Å². The quantitative estimate of drug-likeness (QED) is 0.744. The number of halogens is 1. The van der Waals surface area contributed by atoms with Crippen LogP contribution in [-0.4, -0.2) is 33.0 Å². The molecular weight excluding hydrogens is 334 g/mol. The Morgan fingerprint density at radius 2 is 1.74 bits per heavy atom. The molecule has 0 N–H and O–H groups in total. The van der Waals surface area contributed by atoms with Gasteiger partial charge >= 0.3 is 0 Å². The van der Waals surface area contributed by atoms with Crippen molar-refractivity contribution in [3.8, 4) is 0 Å². The SMILES string of the molecule is CCC(=O)CC(Cl)S(=O)(=O)c1cccc2c(N(C)C)cccc12. The summed E-state index contributed by atoms with van der Waals surface area (Å²) in [4.78, 5) is 13.6. The summed E-state index contributed by atoms with van der Waals surface area (Å²) in [6.45, 7) is 1.69. The third kappa shape index (κ3) is 3.51. The first-order chi connectivity index (χ1) is 10.8. The van der Waals surface area contributed by atoms with Gasteiger partial charge in [0.05, 0.1) is 4.90 Å². The number of hydrogen-bond donors (Lipinski definition) is 0. The van der Waals surface area contributed by atoms with Crippen molar-refractivity contribution in [1.29, 1.82) is 0 Å². The molecule has 1 atom stereocenters. The van der Waals surface area contributed by atoms with Crippen LogP contribution in [0.3, 0.4) is 0 Å². The van der Waals surface area contributed by atoms with E-state index in [-0.39, 0.29) is 23.5 Å². The molecule has 0 radical (unpaired) electrons. The number of nitrogens with zero attached hydrogens (tertiary/aromatic N) is 1. The minimum absolute atomic E-state index is 0.164. The van der Waals surface area contributed by atoms with Crippen LogP contribution in [0, 0.1) is 0 Å². The highest BCUT2D eigenvalue weighted by Gasteiger charge is 2.29. The number of carbonyl (C=O) groups is 1. The number of sulfone groups is 1. The number of fused-ring (bicyclic) bond motifs is 1. The van der Waals surface area contributed by atoms with Crippen molar-refractivity contribution in [2.45, 2.75) is 29.4 Å². The Labute approximate surface area is 142 Å². The van der Waals surface area contributed by atoms with Crippen LogP contribution in [0.2, 0.25) is 0 Å². The minimum atomic E-state index is -3.79. The summed E-state index contributed by atoms with van der Waals surface area (Å²) in [5, 5.41) is 1.46. The topological polar surface area (TPSA) is 54.5 Å². The Kier molecular flexibility index (Phi) is 5.32. The lowest BCUT2D eigenvalue weighted by atomic mass is 10.1. The van der Waals surface area contributed by atoms with E-state index in [9.17, 15) is 13.2 Å². The zero-order valence-corrected chi connectivity index (χ0v) is 15.0. The number of carbonyl (C=O) groups excluding carboxylic acids is 1. The van der Waals surface area contributed by atoms with Crippen molar-refractivity contribution in [2.24, 2.45) is 0 Å². The molecule has 0 bridgehead atoms. The fourth-order valence-corrected chi connectivity index (χ4v) is 4.37. The van der Waals surface area contributed by atoms with E-state index in [2.05, 4.69) is 0 Å². The lowest BCUT2D eigenvalue weighted by Crippen LogP contribution is -2.19. The van der Waals surface area contributed by atoms with Gasteiger partial charge in [-0.3, -0.25) is 4.79 Å². The van der Waals surface area contributed by atoms with Gasteiger partial charge in [0.1, 0.15) is 10.5 Å². The van der Waals surface area contributed by atoms with Gasteiger partial charge in [-0.05, 0) is 12.1 Å². The lowest BCUT2D eigenvalue weighted by Gasteiger charge is -2.18. The molecule has 2 aromatic carbocycles. The van der Waals surface area contributed by atoms with Gasteiger partial charge in [0.15, 0.2) is 9.84 Å². The van der Waals surface area contributed by atoms with Crippen LogP contribution >= 0.6 is 11.6 Å². The molecule has 0 aromatic heterocycles. The third-order valence-electron chi connectivity index (χ3n) is 3.77. The summed E-state index contributed by atoms with van der Waals surface area (Å²) < 4.78 is 24.3. The Morgan fingerprint density at radius 3 is 2.35 bits per heavy atom. The lowest BCUT2D eigenvalue weighted by molar-refractivity contribution is -0.118. The highest BCUT2D eigenvalue weighted by Crippen LogP contribution is 2.33. The molecule has 0 spiro atoms. The Bertz CT molecular complexity index is 831. The molecular formula is C17H20ClNO3S. The Balaban J connectivity index is 2.59. The van der Waals surface area contributed by atoms with Crippen LogP contribution in [0.5, 0.6) is 0 Å². The number of Topliss-reactive ketones (excluding diaryl/α,β-unsaturated/α-hetero) is 1. The van der Waals surface area contributed by atoms with E-state index in [0.29, 0.717) is 5.39 Å². The molecule has 6 heteroatoms. The van der Waals surface area contributed by atoms with Crippen molar-refractivity contribution in [3.63, 3.8) is 0 Å². The summed E-state index contributed by atoms with van der Waals surface area (Å²) in [5.41, 5.74) is 0.926. The summed E-state index contributed by atoms with van der Waals surface area (Å²) in [5.74, 6) is -0.164.